The van der Waals surface area contributed by atoms with Gasteiger partial charge in [-0.25, -0.2) is 9.50 Å². The van der Waals surface area contributed by atoms with Crippen LogP contribution in [0.2, 0.25) is 0 Å². The lowest BCUT2D eigenvalue weighted by Gasteiger charge is -2.21. The maximum Gasteiger partial charge on any atom is 0.272 e. The molecule has 1 aliphatic carbocycles. The molecule has 0 atom stereocenters. The van der Waals surface area contributed by atoms with Gasteiger partial charge in [-0.3, -0.25) is 9.89 Å². The van der Waals surface area contributed by atoms with Gasteiger partial charge in [0.15, 0.2) is 5.65 Å². The van der Waals surface area contributed by atoms with Crippen LogP contribution in [0.4, 0.5) is 0 Å². The molecule has 21 heavy (non-hydrogen) atoms. The lowest BCUT2D eigenvalue weighted by molar-refractivity contribution is 0.453. The maximum absolute atomic E-state index is 12.3. The summed E-state index contributed by atoms with van der Waals surface area (Å²) < 4.78 is 1.61. The third-order valence-corrected chi connectivity index (χ3v) is 5.04. The van der Waals surface area contributed by atoms with Gasteiger partial charge in [-0.05, 0) is 38.8 Å². The van der Waals surface area contributed by atoms with E-state index in [0.717, 1.165) is 37.3 Å². The van der Waals surface area contributed by atoms with Crippen molar-refractivity contribution in [1.29, 1.82) is 0 Å². The van der Waals surface area contributed by atoms with E-state index in [2.05, 4.69) is 16.5 Å². The molecule has 3 heterocycles. The molecule has 5 nitrogen and oxygen atoms in total. The molecule has 2 aromatic rings. The summed E-state index contributed by atoms with van der Waals surface area (Å²) in [4.78, 5) is 17.1. The third-order valence-electron chi connectivity index (χ3n) is 5.04. The second-order valence-corrected chi connectivity index (χ2v) is 6.43. The number of nitrogens with one attached hydrogen (secondary N) is 2. The quantitative estimate of drug-likeness (QED) is 0.889. The molecule has 0 bridgehead atoms. The van der Waals surface area contributed by atoms with E-state index in [1.807, 2.05) is 0 Å². The highest BCUT2D eigenvalue weighted by Gasteiger charge is 2.21. The molecule has 2 aliphatic rings. The van der Waals surface area contributed by atoms with E-state index < -0.39 is 0 Å². The summed E-state index contributed by atoms with van der Waals surface area (Å²) in [5.41, 5.74) is 2.97. The number of piperidine rings is 1. The second-order valence-electron chi connectivity index (χ2n) is 6.43. The number of hydrogen-bond donors (Lipinski definition) is 2. The lowest BCUT2D eigenvalue weighted by atomic mass is 9.94. The standard InChI is InChI=1S/C16H22N4O/c21-16-10-13(12-5-7-17-8-6-12)18-15-9-14(19-20(15)16)11-3-1-2-4-11/h9-12,17,19H,1-8H2. The van der Waals surface area contributed by atoms with Crippen molar-refractivity contribution in [3.05, 3.63) is 33.9 Å². The number of rotatable bonds is 2. The summed E-state index contributed by atoms with van der Waals surface area (Å²) >= 11 is 0. The van der Waals surface area contributed by atoms with E-state index in [1.165, 1.54) is 31.4 Å². The fraction of sp³-hybridized carbons (Fsp3) is 0.625. The van der Waals surface area contributed by atoms with Crippen LogP contribution in [0.5, 0.6) is 0 Å². The molecule has 5 heteroatoms. The van der Waals surface area contributed by atoms with Crippen LogP contribution < -0.4 is 10.9 Å². The Hall–Kier alpha value is -1.62. The summed E-state index contributed by atoms with van der Waals surface area (Å²) in [5, 5.41) is 6.63. The van der Waals surface area contributed by atoms with Gasteiger partial charge in [-0.2, -0.15) is 0 Å². The topological polar surface area (TPSA) is 62.2 Å². The van der Waals surface area contributed by atoms with E-state index in [4.69, 9.17) is 4.98 Å². The molecule has 112 valence electrons. The van der Waals surface area contributed by atoms with Crippen LogP contribution in [0.25, 0.3) is 5.65 Å². The predicted molar refractivity (Wildman–Crippen MR) is 81.9 cm³/mol. The Morgan fingerprint density at radius 3 is 2.57 bits per heavy atom. The lowest BCUT2D eigenvalue weighted by Crippen LogP contribution is -2.28. The van der Waals surface area contributed by atoms with Gasteiger partial charge < -0.3 is 5.32 Å². The molecule has 2 aromatic heterocycles. The fourth-order valence-corrected chi connectivity index (χ4v) is 3.80. The highest BCUT2D eigenvalue weighted by Crippen LogP contribution is 2.33. The van der Waals surface area contributed by atoms with Crippen molar-refractivity contribution >= 4 is 5.65 Å². The van der Waals surface area contributed by atoms with E-state index >= 15 is 0 Å². The molecule has 4 rings (SSSR count). The average Bonchev–Trinajstić information content (AvgIpc) is 3.17. The average molecular weight is 286 g/mol. The van der Waals surface area contributed by atoms with Crippen LogP contribution in [0.15, 0.2) is 16.9 Å². The van der Waals surface area contributed by atoms with E-state index in [0.29, 0.717) is 11.8 Å². The van der Waals surface area contributed by atoms with Crippen LogP contribution >= 0.6 is 0 Å². The van der Waals surface area contributed by atoms with Crippen molar-refractivity contribution in [1.82, 2.24) is 19.9 Å². The first-order valence-corrected chi connectivity index (χ1v) is 8.14. The molecule has 1 saturated heterocycles. The van der Waals surface area contributed by atoms with Gasteiger partial charge in [-0.15, -0.1) is 0 Å². The summed E-state index contributed by atoms with van der Waals surface area (Å²) in [6, 6.07) is 3.81. The summed E-state index contributed by atoms with van der Waals surface area (Å²) in [6.45, 7) is 2.04. The largest absolute Gasteiger partial charge is 0.317 e. The van der Waals surface area contributed by atoms with Crippen molar-refractivity contribution in [3.63, 3.8) is 0 Å². The van der Waals surface area contributed by atoms with Crippen molar-refractivity contribution in [2.75, 3.05) is 13.1 Å². The van der Waals surface area contributed by atoms with E-state index in [1.54, 1.807) is 10.6 Å². The van der Waals surface area contributed by atoms with Crippen LogP contribution in [0.3, 0.4) is 0 Å². The third kappa shape index (κ3) is 2.39. The zero-order chi connectivity index (χ0) is 14.2. The number of aromatic nitrogens is 3. The fourth-order valence-electron chi connectivity index (χ4n) is 3.80. The molecule has 0 amide bonds. The van der Waals surface area contributed by atoms with Crippen LogP contribution in [-0.4, -0.2) is 27.7 Å². The van der Waals surface area contributed by atoms with Crippen molar-refractivity contribution in [2.45, 2.75) is 50.4 Å². The van der Waals surface area contributed by atoms with Crippen molar-refractivity contribution in [2.24, 2.45) is 0 Å². The Morgan fingerprint density at radius 2 is 1.81 bits per heavy atom. The van der Waals surface area contributed by atoms with Gasteiger partial charge >= 0.3 is 0 Å². The summed E-state index contributed by atoms with van der Waals surface area (Å²) in [6.07, 6.45) is 7.18. The number of nitrogens with zero attached hydrogens (tertiary/aromatic N) is 2. The Balaban J connectivity index is 1.72. The van der Waals surface area contributed by atoms with Crippen molar-refractivity contribution in [3.8, 4) is 0 Å². The molecule has 1 aliphatic heterocycles. The van der Waals surface area contributed by atoms with Crippen LogP contribution in [0.1, 0.15) is 61.7 Å². The molecular formula is C16H22N4O. The summed E-state index contributed by atoms with van der Waals surface area (Å²) in [7, 11) is 0. The first-order chi connectivity index (χ1) is 10.3. The van der Waals surface area contributed by atoms with Gasteiger partial charge in [0.2, 0.25) is 0 Å². The maximum atomic E-state index is 12.3. The Bertz CT molecular complexity index is 690. The Kier molecular flexibility index (Phi) is 3.30. The minimum Gasteiger partial charge on any atom is -0.317 e. The Labute approximate surface area is 123 Å². The Morgan fingerprint density at radius 1 is 1.05 bits per heavy atom. The molecule has 1 saturated carbocycles. The van der Waals surface area contributed by atoms with Crippen LogP contribution in [-0.2, 0) is 0 Å². The van der Waals surface area contributed by atoms with Gasteiger partial charge in [-0.1, -0.05) is 12.8 Å². The molecule has 0 spiro atoms. The smallest absolute Gasteiger partial charge is 0.272 e. The molecular weight excluding hydrogens is 264 g/mol. The highest BCUT2D eigenvalue weighted by atomic mass is 16.1. The predicted octanol–water partition coefficient (Wildman–Crippen LogP) is 2.15. The van der Waals surface area contributed by atoms with Gasteiger partial charge in [0, 0.05) is 29.7 Å². The zero-order valence-electron chi connectivity index (χ0n) is 12.3. The molecule has 0 aromatic carbocycles. The first kappa shape index (κ1) is 13.1. The molecule has 2 N–H and O–H groups in total. The number of fused-ring (bicyclic) bond motifs is 1. The van der Waals surface area contributed by atoms with Crippen molar-refractivity contribution < 1.29 is 0 Å². The SMILES string of the molecule is O=c1cc(C2CCNCC2)nc2cc(C3CCCC3)[nH]n12. The second kappa shape index (κ2) is 5.30. The first-order valence-electron chi connectivity index (χ1n) is 8.14. The van der Waals surface area contributed by atoms with E-state index in [-0.39, 0.29) is 5.56 Å². The minimum absolute atomic E-state index is 0.0257. The minimum atomic E-state index is 0.0257. The van der Waals surface area contributed by atoms with Gasteiger partial charge in [0.05, 0.1) is 5.69 Å². The monoisotopic (exact) mass is 286 g/mol. The number of hydrogen-bond acceptors (Lipinski definition) is 3. The van der Waals surface area contributed by atoms with Gasteiger partial charge in [0.1, 0.15) is 0 Å². The number of H-pyrrole nitrogens is 1. The zero-order valence-corrected chi connectivity index (χ0v) is 12.3. The highest BCUT2D eigenvalue weighted by molar-refractivity contribution is 5.41. The summed E-state index contributed by atoms with van der Waals surface area (Å²) in [5.74, 6) is 1.00. The molecule has 0 unspecified atom stereocenters. The normalized spacial score (nSPS) is 21.3. The van der Waals surface area contributed by atoms with Gasteiger partial charge in [0.25, 0.3) is 5.56 Å². The van der Waals surface area contributed by atoms with Crippen LogP contribution in [0, 0.1) is 0 Å². The molecule has 2 fully saturated rings. The van der Waals surface area contributed by atoms with E-state index in [9.17, 15) is 4.79 Å². The number of aromatic amines is 1. The molecule has 0 radical (unpaired) electrons.